The van der Waals surface area contributed by atoms with Gasteiger partial charge in [0.2, 0.25) is 12.7 Å². The van der Waals surface area contributed by atoms with Crippen molar-refractivity contribution in [2.45, 2.75) is 24.3 Å². The molecule has 1 N–H and O–H groups in total. The van der Waals surface area contributed by atoms with Crippen molar-refractivity contribution < 1.29 is 14.3 Å². The van der Waals surface area contributed by atoms with Gasteiger partial charge in [-0.15, -0.1) is 10.2 Å². The topological polar surface area (TPSA) is 78.3 Å². The van der Waals surface area contributed by atoms with Crippen LogP contribution in [-0.2, 0) is 11.8 Å². The highest BCUT2D eigenvalue weighted by Crippen LogP contribution is 2.34. The first-order chi connectivity index (χ1) is 10.5. The number of fused-ring (bicyclic) bond motifs is 1. The number of aromatic nitrogens is 3. The Hall–Kier alpha value is -2.22. The van der Waals surface area contributed by atoms with Gasteiger partial charge in [0.25, 0.3) is 0 Å². The van der Waals surface area contributed by atoms with Gasteiger partial charge in [-0.25, -0.2) is 0 Å². The summed E-state index contributed by atoms with van der Waals surface area (Å²) in [6.07, 6.45) is 0. The fourth-order valence-electron chi connectivity index (χ4n) is 1.92. The van der Waals surface area contributed by atoms with Crippen LogP contribution in [0.1, 0.15) is 12.7 Å². The minimum atomic E-state index is -0.298. The average Bonchev–Trinajstić information content (AvgIpc) is 3.08. The van der Waals surface area contributed by atoms with E-state index in [0.717, 1.165) is 5.82 Å². The van der Waals surface area contributed by atoms with Gasteiger partial charge < -0.3 is 19.4 Å². The number of thioether (sulfide) groups is 1. The van der Waals surface area contributed by atoms with Crippen molar-refractivity contribution in [2.75, 3.05) is 12.1 Å². The maximum Gasteiger partial charge on any atom is 0.237 e. The van der Waals surface area contributed by atoms with Crippen LogP contribution in [0.15, 0.2) is 23.4 Å². The van der Waals surface area contributed by atoms with Crippen molar-refractivity contribution in [1.82, 2.24) is 14.8 Å². The lowest BCUT2D eigenvalue weighted by molar-refractivity contribution is -0.115. The number of hydrogen-bond donors (Lipinski definition) is 1. The molecular formula is C14H16N4O3S. The largest absolute Gasteiger partial charge is 0.454 e. The van der Waals surface area contributed by atoms with Crippen LogP contribution >= 0.6 is 11.8 Å². The van der Waals surface area contributed by atoms with Crippen LogP contribution in [0, 0.1) is 6.92 Å². The summed E-state index contributed by atoms with van der Waals surface area (Å²) in [5, 5.41) is 11.3. The van der Waals surface area contributed by atoms with Crippen molar-refractivity contribution in [3.63, 3.8) is 0 Å². The zero-order valence-electron chi connectivity index (χ0n) is 12.5. The number of ether oxygens (including phenoxy) is 2. The van der Waals surface area contributed by atoms with Crippen LogP contribution < -0.4 is 14.8 Å². The number of anilines is 1. The Morgan fingerprint density at radius 2 is 2.14 bits per heavy atom. The van der Waals surface area contributed by atoms with Crippen LogP contribution in [0.2, 0.25) is 0 Å². The second kappa shape index (κ2) is 5.88. The lowest BCUT2D eigenvalue weighted by Crippen LogP contribution is -2.22. The molecule has 1 aliphatic heterocycles. The second-order valence-corrected chi connectivity index (χ2v) is 6.21. The van der Waals surface area contributed by atoms with E-state index in [9.17, 15) is 4.79 Å². The van der Waals surface area contributed by atoms with Crippen LogP contribution in [0.5, 0.6) is 11.5 Å². The van der Waals surface area contributed by atoms with E-state index < -0.39 is 0 Å². The molecule has 0 saturated carbocycles. The SMILES string of the molecule is Cc1nnc(S[C@@H](C)C(=O)Nc2ccc3c(c2)OCO3)n1C. The minimum Gasteiger partial charge on any atom is -0.454 e. The third-order valence-corrected chi connectivity index (χ3v) is 4.48. The Bertz CT molecular complexity index is 716. The number of amides is 1. The molecular weight excluding hydrogens is 304 g/mol. The number of nitrogens with zero attached hydrogens (tertiary/aromatic N) is 3. The summed E-state index contributed by atoms with van der Waals surface area (Å²) in [6.45, 7) is 3.91. The number of carbonyl (C=O) groups is 1. The molecule has 1 aromatic carbocycles. The molecule has 8 heteroatoms. The Morgan fingerprint density at radius 1 is 1.36 bits per heavy atom. The van der Waals surface area contributed by atoms with E-state index in [1.165, 1.54) is 11.8 Å². The summed E-state index contributed by atoms with van der Waals surface area (Å²) in [5.41, 5.74) is 0.677. The van der Waals surface area contributed by atoms with Gasteiger partial charge in [0.15, 0.2) is 16.7 Å². The summed E-state index contributed by atoms with van der Waals surface area (Å²) >= 11 is 1.37. The number of benzene rings is 1. The molecule has 7 nitrogen and oxygen atoms in total. The van der Waals surface area contributed by atoms with Crippen molar-refractivity contribution in [2.24, 2.45) is 7.05 Å². The molecule has 22 heavy (non-hydrogen) atoms. The highest BCUT2D eigenvalue weighted by atomic mass is 32.2. The number of carbonyl (C=O) groups excluding carboxylic acids is 1. The predicted octanol–water partition coefficient (Wildman–Crippen LogP) is 1.97. The first-order valence-electron chi connectivity index (χ1n) is 6.78. The number of aryl methyl sites for hydroxylation is 1. The molecule has 2 aromatic rings. The molecule has 1 aromatic heterocycles. The zero-order chi connectivity index (χ0) is 15.7. The van der Waals surface area contributed by atoms with Crippen LogP contribution in [-0.4, -0.2) is 32.7 Å². The van der Waals surface area contributed by atoms with Crippen LogP contribution in [0.3, 0.4) is 0 Å². The van der Waals surface area contributed by atoms with E-state index in [4.69, 9.17) is 9.47 Å². The Kier molecular flexibility index (Phi) is 3.93. The van der Waals surface area contributed by atoms with E-state index in [-0.39, 0.29) is 18.0 Å². The molecule has 1 atom stereocenters. The van der Waals surface area contributed by atoms with Crippen LogP contribution in [0.25, 0.3) is 0 Å². The lowest BCUT2D eigenvalue weighted by atomic mass is 10.2. The summed E-state index contributed by atoms with van der Waals surface area (Å²) in [7, 11) is 1.88. The molecule has 116 valence electrons. The smallest absolute Gasteiger partial charge is 0.237 e. The van der Waals surface area contributed by atoms with E-state index >= 15 is 0 Å². The fraction of sp³-hybridized carbons (Fsp3) is 0.357. The molecule has 0 unspecified atom stereocenters. The maximum absolute atomic E-state index is 12.3. The quantitative estimate of drug-likeness (QED) is 0.868. The zero-order valence-corrected chi connectivity index (χ0v) is 13.3. The fourth-order valence-corrected chi connectivity index (χ4v) is 2.78. The number of rotatable bonds is 4. The van der Waals surface area contributed by atoms with Gasteiger partial charge in [0.1, 0.15) is 5.82 Å². The van der Waals surface area contributed by atoms with E-state index in [0.29, 0.717) is 22.3 Å². The molecule has 0 bridgehead atoms. The summed E-state index contributed by atoms with van der Waals surface area (Å²) in [6, 6.07) is 5.32. The van der Waals surface area contributed by atoms with E-state index in [2.05, 4.69) is 15.5 Å². The molecule has 2 heterocycles. The second-order valence-electron chi connectivity index (χ2n) is 4.91. The molecule has 1 amide bonds. The predicted molar refractivity (Wildman–Crippen MR) is 82.3 cm³/mol. The Labute approximate surface area is 132 Å². The first kappa shape index (κ1) is 14.7. The highest BCUT2D eigenvalue weighted by Gasteiger charge is 2.19. The van der Waals surface area contributed by atoms with Gasteiger partial charge in [-0.05, 0) is 26.0 Å². The molecule has 3 rings (SSSR count). The summed E-state index contributed by atoms with van der Waals surface area (Å²) in [5.74, 6) is 2.03. The standard InChI is InChI=1S/C14H16N4O3S/c1-8(22-14-17-16-9(2)18(14)3)13(19)15-10-4-5-11-12(6-10)21-7-20-11/h4-6,8H,7H2,1-3H3,(H,15,19)/t8-/m0/s1. The highest BCUT2D eigenvalue weighted by molar-refractivity contribution is 8.00. The van der Waals surface area contributed by atoms with E-state index in [1.54, 1.807) is 18.2 Å². The number of nitrogens with one attached hydrogen (secondary N) is 1. The molecule has 0 spiro atoms. The van der Waals surface area contributed by atoms with Gasteiger partial charge in [0.05, 0.1) is 5.25 Å². The monoisotopic (exact) mass is 320 g/mol. The van der Waals surface area contributed by atoms with Crippen molar-refractivity contribution in [3.8, 4) is 11.5 Å². The average molecular weight is 320 g/mol. The Balaban J connectivity index is 1.65. The van der Waals surface area contributed by atoms with Crippen LogP contribution in [0.4, 0.5) is 5.69 Å². The maximum atomic E-state index is 12.3. The van der Waals surface area contributed by atoms with Gasteiger partial charge in [-0.2, -0.15) is 0 Å². The molecule has 1 aliphatic rings. The molecule has 0 aliphatic carbocycles. The van der Waals surface area contributed by atoms with E-state index in [1.807, 2.05) is 25.5 Å². The third-order valence-electron chi connectivity index (χ3n) is 3.34. The van der Waals surface area contributed by atoms with Gasteiger partial charge in [-0.1, -0.05) is 11.8 Å². The minimum absolute atomic E-state index is 0.107. The molecule has 0 radical (unpaired) electrons. The van der Waals surface area contributed by atoms with Gasteiger partial charge in [0, 0.05) is 18.8 Å². The Morgan fingerprint density at radius 3 is 2.86 bits per heavy atom. The number of hydrogen-bond acceptors (Lipinski definition) is 6. The lowest BCUT2D eigenvalue weighted by Gasteiger charge is -2.11. The van der Waals surface area contributed by atoms with Crippen molar-refractivity contribution in [3.05, 3.63) is 24.0 Å². The summed E-state index contributed by atoms with van der Waals surface area (Å²) in [4.78, 5) is 12.3. The van der Waals surface area contributed by atoms with Gasteiger partial charge in [-0.3, -0.25) is 4.79 Å². The molecule has 0 saturated heterocycles. The summed E-state index contributed by atoms with van der Waals surface area (Å²) < 4.78 is 12.4. The first-order valence-corrected chi connectivity index (χ1v) is 7.65. The molecule has 0 fully saturated rings. The van der Waals surface area contributed by atoms with Crippen molar-refractivity contribution in [1.29, 1.82) is 0 Å². The van der Waals surface area contributed by atoms with Gasteiger partial charge >= 0.3 is 0 Å². The third kappa shape index (κ3) is 2.87. The normalized spacial score (nSPS) is 14.0. The van der Waals surface area contributed by atoms with Crippen molar-refractivity contribution >= 4 is 23.4 Å².